The number of hydrogen-bond acceptors (Lipinski definition) is 3. The van der Waals surface area contributed by atoms with E-state index in [2.05, 4.69) is 0 Å². The normalized spacial score (nSPS) is 12.9. The summed E-state index contributed by atoms with van der Waals surface area (Å²) in [5, 5.41) is 11.4. The molecule has 0 radical (unpaired) electrons. The van der Waals surface area contributed by atoms with Gasteiger partial charge in [0.25, 0.3) is 0 Å². The fourth-order valence-electron chi connectivity index (χ4n) is 0.814. The fourth-order valence-corrected chi connectivity index (χ4v) is 1.57. The Morgan fingerprint density at radius 1 is 1.57 bits per heavy atom. The van der Waals surface area contributed by atoms with Crippen molar-refractivity contribution in [2.24, 2.45) is 0 Å². The van der Waals surface area contributed by atoms with Crippen molar-refractivity contribution < 1.29 is 18.1 Å². The van der Waals surface area contributed by atoms with Gasteiger partial charge in [-0.15, -0.1) is 11.3 Å². The number of hydrogen-bond donors (Lipinski definition) is 0. The molecule has 0 amide bonds. The SMILES string of the molecule is O=[N+]([O-])/C=C(\c1cccs1)C(F)(F)F. The third-order valence-corrected chi connectivity index (χ3v) is 2.23. The highest BCUT2D eigenvalue weighted by molar-refractivity contribution is 7.11. The lowest BCUT2D eigenvalue weighted by molar-refractivity contribution is -0.402. The number of nitrogens with zero attached hydrogens (tertiary/aromatic N) is 1. The van der Waals surface area contributed by atoms with Crippen LogP contribution >= 0.6 is 11.3 Å². The standard InChI is InChI=1S/C7H4F3NO2S/c8-7(9,10)5(4-11(12)13)6-2-1-3-14-6/h1-4H/b5-4+. The molecule has 0 aliphatic rings. The maximum atomic E-state index is 12.3. The molecule has 1 aromatic rings. The maximum Gasteiger partial charge on any atom is 0.423 e. The van der Waals surface area contributed by atoms with Crippen molar-refractivity contribution in [2.75, 3.05) is 0 Å². The van der Waals surface area contributed by atoms with E-state index in [9.17, 15) is 23.3 Å². The predicted octanol–water partition coefficient (Wildman–Crippen LogP) is 2.93. The molecule has 3 nitrogen and oxygen atoms in total. The zero-order chi connectivity index (χ0) is 10.8. The average Bonchev–Trinajstić information content (AvgIpc) is 2.49. The smallest absolute Gasteiger partial charge is 0.259 e. The van der Waals surface area contributed by atoms with E-state index in [0.29, 0.717) is 0 Å². The molecule has 14 heavy (non-hydrogen) atoms. The van der Waals surface area contributed by atoms with Crippen molar-refractivity contribution in [3.05, 3.63) is 38.7 Å². The summed E-state index contributed by atoms with van der Waals surface area (Å²) < 4.78 is 36.8. The number of nitro groups is 1. The highest BCUT2D eigenvalue weighted by Gasteiger charge is 2.38. The van der Waals surface area contributed by atoms with E-state index in [4.69, 9.17) is 0 Å². The summed E-state index contributed by atoms with van der Waals surface area (Å²) in [7, 11) is 0. The van der Waals surface area contributed by atoms with Crippen molar-refractivity contribution in [1.29, 1.82) is 0 Å². The van der Waals surface area contributed by atoms with Crippen molar-refractivity contribution in [3.63, 3.8) is 0 Å². The Hall–Kier alpha value is -1.37. The molecule has 7 heteroatoms. The largest absolute Gasteiger partial charge is 0.423 e. The Morgan fingerprint density at radius 2 is 2.21 bits per heavy atom. The second kappa shape index (κ2) is 3.79. The Labute approximate surface area is 80.6 Å². The molecular weight excluding hydrogens is 219 g/mol. The maximum absolute atomic E-state index is 12.3. The molecule has 0 spiro atoms. The molecule has 0 fully saturated rings. The molecule has 0 saturated carbocycles. The van der Waals surface area contributed by atoms with E-state index in [1.165, 1.54) is 17.5 Å². The number of halogens is 3. The van der Waals surface area contributed by atoms with Crippen LogP contribution in [0.2, 0.25) is 0 Å². The summed E-state index contributed by atoms with van der Waals surface area (Å²) in [5.41, 5.74) is -1.22. The molecule has 0 aromatic carbocycles. The number of allylic oxidation sites excluding steroid dienone is 1. The van der Waals surface area contributed by atoms with Crippen LogP contribution in [-0.2, 0) is 0 Å². The van der Waals surface area contributed by atoms with Gasteiger partial charge in [-0.1, -0.05) is 6.07 Å². The van der Waals surface area contributed by atoms with E-state index in [1.807, 2.05) is 0 Å². The van der Waals surface area contributed by atoms with Crippen molar-refractivity contribution in [1.82, 2.24) is 0 Å². The van der Waals surface area contributed by atoms with E-state index in [-0.39, 0.29) is 11.1 Å². The molecule has 0 aliphatic carbocycles. The topological polar surface area (TPSA) is 43.1 Å². The van der Waals surface area contributed by atoms with Crippen LogP contribution in [0.5, 0.6) is 0 Å². The molecule has 0 bridgehead atoms. The zero-order valence-corrected chi connectivity index (χ0v) is 7.43. The van der Waals surface area contributed by atoms with Gasteiger partial charge in [-0.3, -0.25) is 10.1 Å². The van der Waals surface area contributed by atoms with Gasteiger partial charge in [0.1, 0.15) is 5.57 Å². The Balaban J connectivity index is 3.14. The van der Waals surface area contributed by atoms with Crippen LogP contribution < -0.4 is 0 Å². The summed E-state index contributed by atoms with van der Waals surface area (Å²) in [5.74, 6) is 0. The van der Waals surface area contributed by atoms with Gasteiger partial charge in [-0.05, 0) is 11.4 Å². The van der Waals surface area contributed by atoms with Crippen molar-refractivity contribution in [3.8, 4) is 0 Å². The summed E-state index contributed by atoms with van der Waals surface area (Å²) in [6, 6.07) is 2.59. The number of thiophene rings is 1. The second-order valence-electron chi connectivity index (χ2n) is 2.30. The van der Waals surface area contributed by atoms with Crippen LogP contribution in [-0.4, -0.2) is 11.1 Å². The highest BCUT2D eigenvalue weighted by atomic mass is 32.1. The first-order chi connectivity index (χ1) is 6.41. The molecule has 0 atom stereocenters. The minimum atomic E-state index is -4.70. The van der Waals surface area contributed by atoms with E-state index < -0.39 is 16.7 Å². The quantitative estimate of drug-likeness (QED) is 0.571. The molecular formula is C7H4F3NO2S. The number of rotatable bonds is 2. The lowest BCUT2D eigenvalue weighted by Crippen LogP contribution is -2.11. The van der Waals surface area contributed by atoms with Crippen LogP contribution in [0.1, 0.15) is 4.88 Å². The highest BCUT2D eigenvalue weighted by Crippen LogP contribution is 2.35. The Morgan fingerprint density at radius 3 is 2.57 bits per heavy atom. The third kappa shape index (κ3) is 2.56. The first-order valence-corrected chi connectivity index (χ1v) is 4.25. The molecule has 1 rings (SSSR count). The average molecular weight is 223 g/mol. The van der Waals surface area contributed by atoms with Gasteiger partial charge in [0.05, 0.1) is 4.92 Å². The molecule has 1 heterocycles. The summed E-state index contributed by atoms with van der Waals surface area (Å²) in [6.45, 7) is 0. The predicted molar refractivity (Wildman–Crippen MR) is 45.3 cm³/mol. The van der Waals surface area contributed by atoms with Gasteiger partial charge >= 0.3 is 6.18 Å². The van der Waals surface area contributed by atoms with Crippen molar-refractivity contribution in [2.45, 2.75) is 6.18 Å². The third-order valence-electron chi connectivity index (χ3n) is 1.33. The van der Waals surface area contributed by atoms with Gasteiger partial charge in [0.2, 0.25) is 6.20 Å². The second-order valence-corrected chi connectivity index (χ2v) is 3.25. The lowest BCUT2D eigenvalue weighted by atomic mass is 10.2. The molecule has 1 aromatic heterocycles. The fraction of sp³-hybridized carbons (Fsp3) is 0.143. The van der Waals surface area contributed by atoms with Gasteiger partial charge < -0.3 is 0 Å². The molecule has 76 valence electrons. The molecule has 0 N–H and O–H groups in total. The summed E-state index contributed by atoms with van der Waals surface area (Å²) in [4.78, 5) is 8.72. The Kier molecular flexibility index (Phi) is 2.90. The minimum absolute atomic E-state index is 0.0220. The zero-order valence-electron chi connectivity index (χ0n) is 6.62. The van der Waals surface area contributed by atoms with Crippen LogP contribution in [0.25, 0.3) is 5.57 Å². The summed E-state index contributed by atoms with van der Waals surface area (Å²) in [6.07, 6.45) is -4.72. The van der Waals surface area contributed by atoms with Crippen LogP contribution in [0.3, 0.4) is 0 Å². The van der Waals surface area contributed by atoms with Gasteiger partial charge in [-0.25, -0.2) is 0 Å². The first kappa shape index (κ1) is 10.7. The van der Waals surface area contributed by atoms with Crippen LogP contribution in [0, 0.1) is 10.1 Å². The van der Waals surface area contributed by atoms with E-state index in [0.717, 1.165) is 11.3 Å². The monoisotopic (exact) mass is 223 g/mol. The number of alkyl halides is 3. The van der Waals surface area contributed by atoms with Gasteiger partial charge in [0.15, 0.2) is 0 Å². The van der Waals surface area contributed by atoms with Crippen molar-refractivity contribution >= 4 is 16.9 Å². The van der Waals surface area contributed by atoms with E-state index >= 15 is 0 Å². The van der Waals surface area contributed by atoms with Gasteiger partial charge in [-0.2, -0.15) is 13.2 Å². The molecule has 0 saturated heterocycles. The first-order valence-electron chi connectivity index (χ1n) is 3.37. The molecule has 0 unspecified atom stereocenters. The lowest BCUT2D eigenvalue weighted by Gasteiger charge is -2.06. The minimum Gasteiger partial charge on any atom is -0.259 e. The van der Waals surface area contributed by atoms with Crippen LogP contribution in [0.15, 0.2) is 23.7 Å². The van der Waals surface area contributed by atoms with E-state index in [1.54, 1.807) is 0 Å². The summed E-state index contributed by atoms with van der Waals surface area (Å²) >= 11 is 0.807. The molecule has 0 aliphatic heterocycles. The Bertz CT molecular complexity index is 356. The van der Waals surface area contributed by atoms with Crippen LogP contribution in [0.4, 0.5) is 13.2 Å². The van der Waals surface area contributed by atoms with Gasteiger partial charge in [0, 0.05) is 4.88 Å².